The number of carbonyl (C=O) groups is 2. The second-order valence-electron chi connectivity index (χ2n) is 5.49. The Balaban J connectivity index is 2.01. The molecule has 4 unspecified atom stereocenters. The van der Waals surface area contributed by atoms with Crippen molar-refractivity contribution in [2.75, 3.05) is 6.61 Å². The molecule has 0 aromatic heterocycles. The molecule has 6 nitrogen and oxygen atoms in total. The molecule has 0 spiro atoms. The van der Waals surface area contributed by atoms with E-state index in [4.69, 9.17) is 18.9 Å². The van der Waals surface area contributed by atoms with Gasteiger partial charge in [0.05, 0.1) is 6.10 Å². The number of benzene rings is 1. The average Bonchev–Trinajstić information content (AvgIpc) is 2.55. The van der Waals surface area contributed by atoms with Crippen molar-refractivity contribution < 1.29 is 28.5 Å². The van der Waals surface area contributed by atoms with Crippen molar-refractivity contribution in [2.45, 2.75) is 45.4 Å². The van der Waals surface area contributed by atoms with E-state index in [1.165, 1.54) is 13.8 Å². The summed E-state index contributed by atoms with van der Waals surface area (Å²) in [6.45, 7) is 4.53. The molecule has 4 atom stereocenters. The SMILES string of the molecule is CC(=O)OCC1OC(OC(C)c2ccccc2)C=CC1OC(C)=O. The lowest BCUT2D eigenvalue weighted by Crippen LogP contribution is -2.42. The Labute approximate surface area is 141 Å². The van der Waals surface area contributed by atoms with Crippen molar-refractivity contribution in [3.63, 3.8) is 0 Å². The van der Waals surface area contributed by atoms with Gasteiger partial charge in [0.1, 0.15) is 18.8 Å². The number of carbonyl (C=O) groups excluding carboxylic acids is 2. The number of hydrogen-bond acceptors (Lipinski definition) is 6. The van der Waals surface area contributed by atoms with Crippen LogP contribution in [0.25, 0.3) is 0 Å². The molecule has 0 fully saturated rings. The minimum atomic E-state index is -0.618. The molecule has 6 heteroatoms. The topological polar surface area (TPSA) is 71.1 Å². The predicted molar refractivity (Wildman–Crippen MR) is 85.9 cm³/mol. The fraction of sp³-hybridized carbons (Fsp3) is 0.444. The van der Waals surface area contributed by atoms with Crippen LogP contribution < -0.4 is 0 Å². The predicted octanol–water partition coefficient (Wildman–Crippen LogP) is 2.54. The maximum atomic E-state index is 11.2. The molecule has 24 heavy (non-hydrogen) atoms. The van der Waals surface area contributed by atoms with Crippen LogP contribution in [0.15, 0.2) is 42.5 Å². The van der Waals surface area contributed by atoms with Crippen LogP contribution in [0.3, 0.4) is 0 Å². The molecule has 0 bridgehead atoms. The fourth-order valence-electron chi connectivity index (χ4n) is 2.34. The summed E-state index contributed by atoms with van der Waals surface area (Å²) in [5.74, 6) is -0.858. The molecule has 1 aliphatic heterocycles. The van der Waals surface area contributed by atoms with Gasteiger partial charge in [-0.05, 0) is 24.6 Å². The molecule has 0 aliphatic carbocycles. The normalized spacial score (nSPS) is 24.2. The Morgan fingerprint density at radius 1 is 1.12 bits per heavy atom. The number of hydrogen-bond donors (Lipinski definition) is 0. The van der Waals surface area contributed by atoms with E-state index in [1.54, 1.807) is 12.2 Å². The lowest BCUT2D eigenvalue weighted by Gasteiger charge is -2.32. The Morgan fingerprint density at radius 2 is 1.83 bits per heavy atom. The molecule has 1 aromatic carbocycles. The summed E-state index contributed by atoms with van der Waals surface area (Å²) < 4.78 is 21.8. The summed E-state index contributed by atoms with van der Waals surface area (Å²) in [7, 11) is 0. The van der Waals surface area contributed by atoms with E-state index in [2.05, 4.69) is 0 Å². The molecular formula is C18H22O6. The first-order chi connectivity index (χ1) is 11.5. The van der Waals surface area contributed by atoms with Crippen molar-refractivity contribution >= 4 is 11.9 Å². The van der Waals surface area contributed by atoms with Crippen LogP contribution in [0, 0.1) is 0 Å². The van der Waals surface area contributed by atoms with Gasteiger partial charge in [-0.25, -0.2) is 0 Å². The first kappa shape index (κ1) is 18.2. The lowest BCUT2D eigenvalue weighted by atomic mass is 10.1. The minimum absolute atomic E-state index is 0.0167. The Kier molecular flexibility index (Phi) is 6.52. The minimum Gasteiger partial charge on any atom is -0.463 e. The van der Waals surface area contributed by atoms with Crippen LogP contribution >= 0.6 is 0 Å². The Bertz CT molecular complexity index is 582. The van der Waals surface area contributed by atoms with Gasteiger partial charge >= 0.3 is 11.9 Å². The van der Waals surface area contributed by atoms with E-state index >= 15 is 0 Å². The van der Waals surface area contributed by atoms with Crippen LogP contribution in [0.2, 0.25) is 0 Å². The van der Waals surface area contributed by atoms with Crippen LogP contribution in [0.4, 0.5) is 0 Å². The Hall–Kier alpha value is -2.18. The first-order valence-electron chi connectivity index (χ1n) is 7.80. The van der Waals surface area contributed by atoms with E-state index < -0.39 is 30.4 Å². The third-order valence-corrected chi connectivity index (χ3v) is 3.49. The zero-order chi connectivity index (χ0) is 17.5. The second kappa shape index (κ2) is 8.61. The van der Waals surface area contributed by atoms with Crippen molar-refractivity contribution in [2.24, 2.45) is 0 Å². The van der Waals surface area contributed by atoms with Crippen molar-refractivity contribution in [1.82, 2.24) is 0 Å². The van der Waals surface area contributed by atoms with Gasteiger partial charge in [-0.15, -0.1) is 0 Å². The summed E-state index contributed by atoms with van der Waals surface area (Å²) >= 11 is 0. The van der Waals surface area contributed by atoms with Gasteiger partial charge in [0.2, 0.25) is 0 Å². The van der Waals surface area contributed by atoms with Crippen molar-refractivity contribution in [3.05, 3.63) is 48.0 Å². The first-order valence-corrected chi connectivity index (χ1v) is 7.80. The highest BCUT2D eigenvalue weighted by molar-refractivity contribution is 5.66. The highest BCUT2D eigenvalue weighted by Gasteiger charge is 2.31. The van der Waals surface area contributed by atoms with Gasteiger partial charge in [0.25, 0.3) is 0 Å². The molecule has 0 saturated heterocycles. The van der Waals surface area contributed by atoms with E-state index in [1.807, 2.05) is 37.3 Å². The average molecular weight is 334 g/mol. The second-order valence-corrected chi connectivity index (χ2v) is 5.49. The quantitative estimate of drug-likeness (QED) is 0.588. The van der Waals surface area contributed by atoms with Crippen molar-refractivity contribution in [3.8, 4) is 0 Å². The summed E-state index contributed by atoms with van der Waals surface area (Å²) in [6, 6.07) is 9.75. The summed E-state index contributed by atoms with van der Waals surface area (Å²) in [5, 5.41) is 0. The maximum Gasteiger partial charge on any atom is 0.303 e. The van der Waals surface area contributed by atoms with E-state index in [0.29, 0.717) is 0 Å². The van der Waals surface area contributed by atoms with Crippen LogP contribution in [0.1, 0.15) is 32.4 Å². The largest absolute Gasteiger partial charge is 0.463 e. The monoisotopic (exact) mass is 334 g/mol. The third kappa shape index (κ3) is 5.47. The molecule has 0 amide bonds. The lowest BCUT2D eigenvalue weighted by molar-refractivity contribution is -0.208. The van der Waals surface area contributed by atoms with E-state index in [9.17, 15) is 9.59 Å². The van der Waals surface area contributed by atoms with Crippen LogP contribution in [-0.4, -0.2) is 37.0 Å². The molecule has 0 N–H and O–H groups in total. The number of rotatable bonds is 6. The molecular weight excluding hydrogens is 312 g/mol. The Morgan fingerprint density at radius 3 is 2.46 bits per heavy atom. The van der Waals surface area contributed by atoms with Gasteiger partial charge in [0, 0.05) is 13.8 Å². The van der Waals surface area contributed by atoms with E-state index in [0.717, 1.165) is 5.56 Å². The summed E-state index contributed by atoms with van der Waals surface area (Å²) in [6.07, 6.45) is 1.36. The third-order valence-electron chi connectivity index (χ3n) is 3.49. The molecule has 1 aliphatic rings. The number of esters is 2. The van der Waals surface area contributed by atoms with Gasteiger partial charge < -0.3 is 18.9 Å². The summed E-state index contributed by atoms with van der Waals surface area (Å²) in [5.41, 5.74) is 1.02. The van der Waals surface area contributed by atoms with Gasteiger partial charge in [-0.3, -0.25) is 9.59 Å². The smallest absolute Gasteiger partial charge is 0.303 e. The van der Waals surface area contributed by atoms with Crippen LogP contribution in [0.5, 0.6) is 0 Å². The fourth-order valence-corrected chi connectivity index (χ4v) is 2.34. The molecule has 1 aromatic rings. The molecule has 0 radical (unpaired) electrons. The highest BCUT2D eigenvalue weighted by Crippen LogP contribution is 2.24. The van der Waals surface area contributed by atoms with Gasteiger partial charge in [0.15, 0.2) is 6.29 Å². The molecule has 130 valence electrons. The molecule has 1 heterocycles. The molecule has 0 saturated carbocycles. The van der Waals surface area contributed by atoms with E-state index in [-0.39, 0.29) is 12.7 Å². The molecule has 2 rings (SSSR count). The standard InChI is InChI=1S/C18H22O6/c1-12(15-7-5-4-6-8-15)22-18-10-9-16(23-14(3)20)17(24-18)11-21-13(2)19/h4-10,12,16-18H,11H2,1-3H3. The highest BCUT2D eigenvalue weighted by atomic mass is 16.7. The maximum absolute atomic E-state index is 11.2. The van der Waals surface area contributed by atoms with Crippen molar-refractivity contribution in [1.29, 1.82) is 0 Å². The van der Waals surface area contributed by atoms with Gasteiger partial charge in [-0.2, -0.15) is 0 Å². The summed E-state index contributed by atoms with van der Waals surface area (Å²) in [4.78, 5) is 22.2. The zero-order valence-electron chi connectivity index (χ0n) is 14.0. The van der Waals surface area contributed by atoms with Crippen LogP contribution in [-0.2, 0) is 28.5 Å². The number of ether oxygens (including phenoxy) is 4. The van der Waals surface area contributed by atoms with Gasteiger partial charge in [-0.1, -0.05) is 30.3 Å². The zero-order valence-corrected chi connectivity index (χ0v) is 14.0.